The molecule has 0 spiro atoms. The molecule has 0 atom stereocenters. The smallest absolute Gasteiger partial charge is 0.250 e. The van der Waals surface area contributed by atoms with E-state index in [9.17, 15) is 4.79 Å². The molecular weight excluding hydrogens is 482 g/mol. The number of nitrogens with one attached hydrogen (secondary N) is 1. The summed E-state index contributed by atoms with van der Waals surface area (Å²) in [6, 6.07) is 24.0. The number of amides is 1. The number of methoxy groups -OCH3 is 1. The first-order valence-corrected chi connectivity index (χ1v) is 13.0. The molecule has 1 aromatic heterocycles. The van der Waals surface area contributed by atoms with E-state index in [1.807, 2.05) is 41.0 Å². The highest BCUT2D eigenvalue weighted by Gasteiger charge is 2.19. The molecule has 0 radical (unpaired) electrons. The van der Waals surface area contributed by atoms with Gasteiger partial charge in [-0.3, -0.25) is 9.36 Å². The minimum Gasteiger partial charge on any atom is -0.497 e. The van der Waals surface area contributed by atoms with E-state index >= 15 is 0 Å². The summed E-state index contributed by atoms with van der Waals surface area (Å²) >= 11 is 1.32. The standard InChI is InChI=1S/C29H31N5O2S/c1-20-6-14-24(15-7-20)34-27(22-10-12-23(13-11-22)29(2,3)4)32-33-28(34)37-19-26(35)31-30-18-21-8-16-25(36-5)17-9-21/h6-18H,19H2,1-5H3,(H,31,35)/b30-18+. The summed E-state index contributed by atoms with van der Waals surface area (Å²) in [6.45, 7) is 8.63. The molecule has 0 fully saturated rings. The van der Waals surface area contributed by atoms with Crippen molar-refractivity contribution in [1.29, 1.82) is 0 Å². The molecule has 0 aliphatic heterocycles. The third-order valence-electron chi connectivity index (χ3n) is 5.79. The van der Waals surface area contributed by atoms with Gasteiger partial charge in [-0.2, -0.15) is 5.10 Å². The maximum atomic E-state index is 12.5. The van der Waals surface area contributed by atoms with E-state index in [1.165, 1.54) is 17.3 Å². The summed E-state index contributed by atoms with van der Waals surface area (Å²) in [7, 11) is 1.62. The summed E-state index contributed by atoms with van der Waals surface area (Å²) in [5.41, 5.74) is 7.80. The van der Waals surface area contributed by atoms with Crippen molar-refractivity contribution in [3.63, 3.8) is 0 Å². The number of hydrogen-bond donors (Lipinski definition) is 1. The zero-order chi connectivity index (χ0) is 26.4. The largest absolute Gasteiger partial charge is 0.497 e. The molecule has 4 rings (SSSR count). The van der Waals surface area contributed by atoms with Gasteiger partial charge in [-0.15, -0.1) is 10.2 Å². The minimum atomic E-state index is -0.232. The Morgan fingerprint density at radius 1 is 1.00 bits per heavy atom. The fourth-order valence-electron chi connectivity index (χ4n) is 3.63. The fourth-order valence-corrected chi connectivity index (χ4v) is 4.37. The van der Waals surface area contributed by atoms with E-state index in [4.69, 9.17) is 4.74 Å². The second-order valence-electron chi connectivity index (χ2n) is 9.66. The zero-order valence-electron chi connectivity index (χ0n) is 21.7. The van der Waals surface area contributed by atoms with Crippen molar-refractivity contribution in [2.45, 2.75) is 38.3 Å². The number of aryl methyl sites for hydroxylation is 1. The van der Waals surface area contributed by atoms with Crippen LogP contribution < -0.4 is 10.2 Å². The van der Waals surface area contributed by atoms with Crippen molar-refractivity contribution in [2.75, 3.05) is 12.9 Å². The summed E-state index contributed by atoms with van der Waals surface area (Å²) < 4.78 is 7.14. The topological polar surface area (TPSA) is 81.4 Å². The SMILES string of the molecule is COc1ccc(/C=N/NC(=O)CSc2nnc(-c3ccc(C(C)(C)C)cc3)n2-c2ccc(C)cc2)cc1. The van der Waals surface area contributed by atoms with Crippen molar-refractivity contribution < 1.29 is 9.53 Å². The van der Waals surface area contributed by atoms with Crippen LogP contribution in [0.1, 0.15) is 37.5 Å². The average Bonchev–Trinajstić information content (AvgIpc) is 3.32. The lowest BCUT2D eigenvalue weighted by Gasteiger charge is -2.19. The summed E-state index contributed by atoms with van der Waals surface area (Å²) in [4.78, 5) is 12.5. The van der Waals surface area contributed by atoms with Crippen LogP contribution in [0.15, 0.2) is 83.1 Å². The zero-order valence-corrected chi connectivity index (χ0v) is 22.5. The average molecular weight is 514 g/mol. The summed E-state index contributed by atoms with van der Waals surface area (Å²) in [5, 5.41) is 13.6. The maximum Gasteiger partial charge on any atom is 0.250 e. The van der Waals surface area contributed by atoms with Crippen LogP contribution in [0.2, 0.25) is 0 Å². The highest BCUT2D eigenvalue weighted by molar-refractivity contribution is 7.99. The molecule has 7 nitrogen and oxygen atoms in total. The summed E-state index contributed by atoms with van der Waals surface area (Å²) in [6.07, 6.45) is 1.59. The Hall–Kier alpha value is -3.91. The Bertz CT molecular complexity index is 1370. The second kappa shape index (κ2) is 11.4. The van der Waals surface area contributed by atoms with E-state index in [0.717, 1.165) is 34.0 Å². The van der Waals surface area contributed by atoms with Gasteiger partial charge < -0.3 is 4.74 Å². The fraction of sp³-hybridized carbons (Fsp3) is 0.241. The molecule has 0 aliphatic rings. The molecule has 0 saturated carbocycles. The normalized spacial score (nSPS) is 11.6. The van der Waals surface area contributed by atoms with Gasteiger partial charge in [0.1, 0.15) is 5.75 Å². The lowest BCUT2D eigenvalue weighted by molar-refractivity contribution is -0.118. The minimum absolute atomic E-state index is 0.0629. The van der Waals surface area contributed by atoms with E-state index < -0.39 is 0 Å². The molecule has 0 saturated heterocycles. The second-order valence-corrected chi connectivity index (χ2v) is 10.6. The molecule has 1 N–H and O–H groups in total. The van der Waals surface area contributed by atoms with Gasteiger partial charge in [-0.05, 0) is 59.9 Å². The number of hydrazone groups is 1. The van der Waals surface area contributed by atoms with Gasteiger partial charge in [0.05, 0.1) is 19.1 Å². The molecule has 0 bridgehead atoms. The predicted molar refractivity (Wildman–Crippen MR) is 150 cm³/mol. The van der Waals surface area contributed by atoms with Crippen LogP contribution in [0.3, 0.4) is 0 Å². The van der Waals surface area contributed by atoms with Crippen LogP contribution >= 0.6 is 11.8 Å². The van der Waals surface area contributed by atoms with Crippen LogP contribution in [0.4, 0.5) is 0 Å². The molecule has 0 unspecified atom stereocenters. The van der Waals surface area contributed by atoms with E-state index in [1.54, 1.807) is 13.3 Å². The van der Waals surface area contributed by atoms with Crippen molar-refractivity contribution in [3.05, 3.63) is 89.5 Å². The molecule has 0 aliphatic carbocycles. The number of ether oxygens (including phenoxy) is 1. The van der Waals surface area contributed by atoms with Gasteiger partial charge in [-0.25, -0.2) is 5.43 Å². The number of carbonyl (C=O) groups is 1. The molecule has 3 aromatic carbocycles. The molecule has 4 aromatic rings. The van der Waals surface area contributed by atoms with E-state index in [2.05, 4.69) is 84.8 Å². The Morgan fingerprint density at radius 3 is 2.30 bits per heavy atom. The quantitative estimate of drug-likeness (QED) is 0.183. The lowest BCUT2D eigenvalue weighted by Crippen LogP contribution is -2.20. The maximum absolute atomic E-state index is 12.5. The van der Waals surface area contributed by atoms with Crippen LogP contribution in [-0.2, 0) is 10.2 Å². The van der Waals surface area contributed by atoms with Gasteiger partial charge in [0.15, 0.2) is 11.0 Å². The number of nitrogens with zero attached hydrogens (tertiary/aromatic N) is 4. The van der Waals surface area contributed by atoms with Crippen molar-refractivity contribution in [3.8, 4) is 22.8 Å². The van der Waals surface area contributed by atoms with E-state index in [-0.39, 0.29) is 17.1 Å². The molecule has 1 amide bonds. The Morgan fingerprint density at radius 2 is 1.68 bits per heavy atom. The molecular formula is C29H31N5O2S. The predicted octanol–water partition coefficient (Wildman–Crippen LogP) is 5.79. The number of rotatable bonds is 8. The van der Waals surface area contributed by atoms with Crippen molar-refractivity contribution in [1.82, 2.24) is 20.2 Å². The van der Waals surface area contributed by atoms with Gasteiger partial charge in [0, 0.05) is 11.3 Å². The number of carbonyl (C=O) groups excluding carboxylic acids is 1. The number of benzene rings is 3. The first-order chi connectivity index (χ1) is 17.7. The third kappa shape index (κ3) is 6.65. The van der Waals surface area contributed by atoms with Crippen LogP contribution in [0.25, 0.3) is 17.1 Å². The molecule has 190 valence electrons. The van der Waals surface area contributed by atoms with E-state index in [0.29, 0.717) is 5.16 Å². The van der Waals surface area contributed by atoms with Crippen LogP contribution in [-0.4, -0.2) is 39.7 Å². The highest BCUT2D eigenvalue weighted by Crippen LogP contribution is 2.30. The molecule has 8 heteroatoms. The number of thioether (sulfide) groups is 1. The van der Waals surface area contributed by atoms with Gasteiger partial charge in [-0.1, -0.05) is 74.5 Å². The Balaban J connectivity index is 1.51. The first kappa shape index (κ1) is 26.2. The molecule has 1 heterocycles. The third-order valence-corrected chi connectivity index (χ3v) is 6.71. The van der Waals surface area contributed by atoms with Crippen LogP contribution in [0.5, 0.6) is 5.75 Å². The lowest BCUT2D eigenvalue weighted by atomic mass is 9.87. The van der Waals surface area contributed by atoms with Crippen LogP contribution in [0, 0.1) is 6.92 Å². The Kier molecular flexibility index (Phi) is 8.08. The number of hydrogen-bond acceptors (Lipinski definition) is 6. The number of aromatic nitrogens is 3. The first-order valence-electron chi connectivity index (χ1n) is 12.0. The van der Waals surface area contributed by atoms with Gasteiger partial charge in [0.2, 0.25) is 0 Å². The Labute approximate surface area is 222 Å². The molecule has 37 heavy (non-hydrogen) atoms. The van der Waals surface area contributed by atoms with Crippen molar-refractivity contribution >= 4 is 23.9 Å². The van der Waals surface area contributed by atoms with Gasteiger partial charge >= 0.3 is 0 Å². The summed E-state index contributed by atoms with van der Waals surface area (Å²) in [5.74, 6) is 1.40. The van der Waals surface area contributed by atoms with Gasteiger partial charge in [0.25, 0.3) is 5.91 Å². The monoisotopic (exact) mass is 513 g/mol. The highest BCUT2D eigenvalue weighted by atomic mass is 32.2. The van der Waals surface area contributed by atoms with Crippen molar-refractivity contribution in [2.24, 2.45) is 5.10 Å².